The topological polar surface area (TPSA) is 76.5 Å². The maximum atomic E-state index is 10.2. The van der Waals surface area contributed by atoms with Gasteiger partial charge in [-0.25, -0.2) is 0 Å². The van der Waals surface area contributed by atoms with Gasteiger partial charge in [-0.15, -0.1) is 10.2 Å². The van der Waals surface area contributed by atoms with E-state index in [0.29, 0.717) is 6.04 Å². The average molecular weight is 395 g/mol. The van der Waals surface area contributed by atoms with Crippen LogP contribution in [-0.2, 0) is 0 Å². The maximum Gasteiger partial charge on any atom is 0.172 e. The van der Waals surface area contributed by atoms with Gasteiger partial charge in [-0.3, -0.25) is 4.90 Å². The van der Waals surface area contributed by atoms with E-state index in [1.165, 1.54) is 32.4 Å². The van der Waals surface area contributed by atoms with E-state index in [2.05, 4.69) is 36.7 Å². The Morgan fingerprint density at radius 1 is 1.10 bits per heavy atom. The third kappa shape index (κ3) is 3.89. The van der Waals surface area contributed by atoms with E-state index in [1.54, 1.807) is 6.07 Å². The van der Waals surface area contributed by atoms with Crippen LogP contribution in [0.25, 0.3) is 11.3 Å². The molecule has 2 aromatic rings. The molecule has 0 aliphatic carbocycles. The van der Waals surface area contributed by atoms with Crippen LogP contribution in [0.15, 0.2) is 30.3 Å². The SMILES string of the molecule is Oc1ccccc1-c1cc2c(nn1)NC[C@H]1CN(CC3CCCNCC3)CCN21. The number of phenolic OH excluding ortho intramolecular Hbond substituents is 1. The summed E-state index contributed by atoms with van der Waals surface area (Å²) >= 11 is 0. The van der Waals surface area contributed by atoms with E-state index < -0.39 is 0 Å². The first-order chi connectivity index (χ1) is 14.3. The molecular weight excluding hydrogens is 364 g/mol. The molecular formula is C22H30N6O. The minimum absolute atomic E-state index is 0.241. The zero-order valence-corrected chi connectivity index (χ0v) is 16.8. The fourth-order valence-electron chi connectivity index (χ4n) is 4.98. The van der Waals surface area contributed by atoms with Gasteiger partial charge in [0.05, 0.1) is 17.4 Å². The number of aromatic hydroxyl groups is 1. The van der Waals surface area contributed by atoms with Crippen LogP contribution in [0.4, 0.5) is 11.5 Å². The molecule has 0 amide bonds. The number of para-hydroxylation sites is 1. The van der Waals surface area contributed by atoms with Gasteiger partial charge in [0.1, 0.15) is 5.75 Å². The monoisotopic (exact) mass is 394 g/mol. The standard InChI is InChI=1S/C22H30N6O/c29-21-6-2-1-5-18(21)19-12-20-22(26-25-19)24-13-17-15-27(10-11-28(17)20)14-16-4-3-8-23-9-7-16/h1-2,5-6,12,16-17,23,29H,3-4,7-11,13-15H2,(H,24,26)/t16?,17-/m0/s1. The molecule has 0 bridgehead atoms. The molecule has 1 unspecified atom stereocenters. The Kier molecular flexibility index (Phi) is 5.24. The van der Waals surface area contributed by atoms with Crippen LogP contribution < -0.4 is 15.5 Å². The minimum Gasteiger partial charge on any atom is -0.507 e. The van der Waals surface area contributed by atoms with Gasteiger partial charge in [-0.2, -0.15) is 0 Å². The molecule has 2 fully saturated rings. The molecule has 7 nitrogen and oxygen atoms in total. The fraction of sp³-hybridized carbons (Fsp3) is 0.545. The molecule has 3 aliphatic rings. The van der Waals surface area contributed by atoms with Crippen molar-refractivity contribution < 1.29 is 5.11 Å². The van der Waals surface area contributed by atoms with Crippen molar-refractivity contribution in [3.05, 3.63) is 30.3 Å². The Bertz CT molecular complexity index is 851. The normalized spacial score (nSPS) is 24.9. The summed E-state index contributed by atoms with van der Waals surface area (Å²) in [5.74, 6) is 1.91. The molecule has 0 spiro atoms. The van der Waals surface area contributed by atoms with Gasteiger partial charge in [0.2, 0.25) is 0 Å². The van der Waals surface area contributed by atoms with Crippen LogP contribution in [-0.4, -0.2) is 72.1 Å². The highest BCUT2D eigenvalue weighted by atomic mass is 16.3. The first kappa shape index (κ1) is 18.6. The van der Waals surface area contributed by atoms with Crippen molar-refractivity contribution in [2.45, 2.75) is 25.3 Å². The summed E-state index contributed by atoms with van der Waals surface area (Å²) in [5.41, 5.74) is 2.55. The number of benzene rings is 1. The molecule has 1 aromatic carbocycles. The van der Waals surface area contributed by atoms with Gasteiger partial charge in [-0.1, -0.05) is 12.1 Å². The van der Waals surface area contributed by atoms with Crippen LogP contribution in [0, 0.1) is 5.92 Å². The Labute approximate surface area is 172 Å². The zero-order chi connectivity index (χ0) is 19.6. The first-order valence-electron chi connectivity index (χ1n) is 10.9. The van der Waals surface area contributed by atoms with E-state index in [0.717, 1.165) is 61.4 Å². The predicted molar refractivity (Wildman–Crippen MR) is 115 cm³/mol. The summed E-state index contributed by atoms with van der Waals surface area (Å²) in [6, 6.07) is 9.84. The number of rotatable bonds is 3. The molecule has 3 aliphatic heterocycles. The lowest BCUT2D eigenvalue weighted by molar-refractivity contribution is 0.186. The van der Waals surface area contributed by atoms with Gasteiger partial charge < -0.3 is 20.6 Å². The number of hydrogen-bond donors (Lipinski definition) is 3. The molecule has 0 saturated carbocycles. The van der Waals surface area contributed by atoms with Gasteiger partial charge in [0.25, 0.3) is 0 Å². The van der Waals surface area contributed by atoms with Crippen molar-refractivity contribution in [3.8, 4) is 17.0 Å². The Morgan fingerprint density at radius 3 is 2.97 bits per heavy atom. The number of phenols is 1. The van der Waals surface area contributed by atoms with E-state index >= 15 is 0 Å². The van der Waals surface area contributed by atoms with Gasteiger partial charge in [-0.05, 0) is 56.5 Å². The van der Waals surface area contributed by atoms with Crippen LogP contribution >= 0.6 is 0 Å². The molecule has 0 radical (unpaired) electrons. The molecule has 5 rings (SSSR count). The number of fused-ring (bicyclic) bond motifs is 3. The van der Waals surface area contributed by atoms with Gasteiger partial charge in [0.15, 0.2) is 5.82 Å². The van der Waals surface area contributed by atoms with Crippen molar-refractivity contribution in [1.29, 1.82) is 0 Å². The van der Waals surface area contributed by atoms with Gasteiger partial charge in [0, 0.05) is 38.3 Å². The number of nitrogens with zero attached hydrogens (tertiary/aromatic N) is 4. The first-order valence-corrected chi connectivity index (χ1v) is 10.9. The number of nitrogens with one attached hydrogen (secondary N) is 2. The number of hydrogen-bond acceptors (Lipinski definition) is 7. The molecule has 1 aromatic heterocycles. The molecule has 154 valence electrons. The van der Waals surface area contributed by atoms with Crippen LogP contribution in [0.5, 0.6) is 5.75 Å². The van der Waals surface area contributed by atoms with Crippen molar-refractivity contribution in [1.82, 2.24) is 20.4 Å². The number of aromatic nitrogens is 2. The fourth-order valence-corrected chi connectivity index (χ4v) is 4.98. The summed E-state index contributed by atoms with van der Waals surface area (Å²) in [7, 11) is 0. The lowest BCUT2D eigenvalue weighted by Gasteiger charge is -2.46. The van der Waals surface area contributed by atoms with E-state index in [4.69, 9.17) is 0 Å². The van der Waals surface area contributed by atoms with Crippen molar-refractivity contribution in [2.75, 3.05) is 56.0 Å². The summed E-state index contributed by atoms with van der Waals surface area (Å²) in [6.45, 7) is 7.65. The van der Waals surface area contributed by atoms with Crippen molar-refractivity contribution in [3.63, 3.8) is 0 Å². The van der Waals surface area contributed by atoms with E-state index in [-0.39, 0.29) is 5.75 Å². The second-order valence-corrected chi connectivity index (χ2v) is 8.52. The highest BCUT2D eigenvalue weighted by Crippen LogP contribution is 2.36. The Hall–Kier alpha value is -2.38. The Balaban J connectivity index is 1.32. The number of anilines is 2. The molecule has 3 N–H and O–H groups in total. The quantitative estimate of drug-likeness (QED) is 0.736. The lowest BCUT2D eigenvalue weighted by atomic mass is 9.98. The molecule has 2 saturated heterocycles. The Morgan fingerprint density at radius 2 is 2.03 bits per heavy atom. The number of piperazine rings is 1. The van der Waals surface area contributed by atoms with Crippen LogP contribution in [0.1, 0.15) is 19.3 Å². The van der Waals surface area contributed by atoms with E-state index in [9.17, 15) is 5.11 Å². The van der Waals surface area contributed by atoms with Crippen LogP contribution in [0.3, 0.4) is 0 Å². The highest BCUT2D eigenvalue weighted by molar-refractivity contribution is 5.76. The zero-order valence-electron chi connectivity index (χ0n) is 16.8. The lowest BCUT2D eigenvalue weighted by Crippen LogP contribution is -2.58. The second-order valence-electron chi connectivity index (χ2n) is 8.52. The largest absolute Gasteiger partial charge is 0.507 e. The molecule has 4 heterocycles. The molecule has 7 heteroatoms. The van der Waals surface area contributed by atoms with Crippen molar-refractivity contribution in [2.24, 2.45) is 5.92 Å². The van der Waals surface area contributed by atoms with Crippen LogP contribution in [0.2, 0.25) is 0 Å². The van der Waals surface area contributed by atoms with E-state index in [1.807, 2.05) is 18.2 Å². The van der Waals surface area contributed by atoms with Crippen molar-refractivity contribution >= 4 is 11.5 Å². The predicted octanol–water partition coefficient (Wildman–Crippen LogP) is 2.15. The summed E-state index contributed by atoms with van der Waals surface area (Å²) in [5, 5.41) is 26.0. The highest BCUT2D eigenvalue weighted by Gasteiger charge is 2.33. The maximum absolute atomic E-state index is 10.2. The summed E-state index contributed by atoms with van der Waals surface area (Å²) in [4.78, 5) is 5.14. The summed E-state index contributed by atoms with van der Waals surface area (Å²) < 4.78 is 0. The third-order valence-electron chi connectivity index (χ3n) is 6.55. The molecule has 2 atom stereocenters. The smallest absolute Gasteiger partial charge is 0.172 e. The minimum atomic E-state index is 0.241. The molecule has 29 heavy (non-hydrogen) atoms. The summed E-state index contributed by atoms with van der Waals surface area (Å²) in [6.07, 6.45) is 3.95. The van der Waals surface area contributed by atoms with Gasteiger partial charge >= 0.3 is 0 Å². The third-order valence-corrected chi connectivity index (χ3v) is 6.55. The second kappa shape index (κ2) is 8.16. The average Bonchev–Trinajstić information content (AvgIpc) is 3.02.